The number of nitrogens with one attached hydrogen (secondary N) is 1. The Labute approximate surface area is 112 Å². The molecule has 1 saturated heterocycles. The van der Waals surface area contributed by atoms with E-state index in [4.69, 9.17) is 11.6 Å². The van der Waals surface area contributed by atoms with E-state index < -0.39 is 0 Å². The summed E-state index contributed by atoms with van der Waals surface area (Å²) >= 11 is 8.33. The fourth-order valence-electron chi connectivity index (χ4n) is 2.39. The summed E-state index contributed by atoms with van der Waals surface area (Å²) in [6, 6.07) is 6.71. The Bertz CT molecular complexity index is 397. The number of benzene rings is 1. The van der Waals surface area contributed by atoms with Crippen LogP contribution in [-0.4, -0.2) is 18.3 Å². The van der Waals surface area contributed by atoms with Gasteiger partial charge in [0.1, 0.15) is 0 Å². The van der Waals surface area contributed by atoms with Crippen molar-refractivity contribution in [2.45, 2.75) is 41.7 Å². The van der Waals surface area contributed by atoms with Gasteiger partial charge in [0.25, 0.3) is 0 Å². The Morgan fingerprint density at radius 2 is 1.88 bits per heavy atom. The average Bonchev–Trinajstić information content (AvgIpc) is 3.17. The summed E-state index contributed by atoms with van der Waals surface area (Å²) < 4.78 is 0. The van der Waals surface area contributed by atoms with E-state index in [-0.39, 0.29) is 0 Å². The first-order valence-corrected chi connectivity index (χ1v) is 7.75. The second-order valence-corrected chi connectivity index (χ2v) is 6.78. The molecule has 2 fully saturated rings. The molecular weight excluding hydrogens is 250 g/mol. The first-order chi connectivity index (χ1) is 8.33. The van der Waals surface area contributed by atoms with Gasteiger partial charge in [0.05, 0.1) is 5.02 Å². The van der Waals surface area contributed by atoms with E-state index in [0.29, 0.717) is 5.92 Å². The molecule has 1 aliphatic heterocycles. The van der Waals surface area contributed by atoms with Gasteiger partial charge in [-0.3, -0.25) is 0 Å². The van der Waals surface area contributed by atoms with Crippen LogP contribution >= 0.6 is 23.4 Å². The molecule has 0 spiro atoms. The van der Waals surface area contributed by atoms with Crippen molar-refractivity contribution in [2.24, 2.45) is 0 Å². The van der Waals surface area contributed by atoms with Crippen LogP contribution in [0.1, 0.15) is 37.2 Å². The van der Waals surface area contributed by atoms with Gasteiger partial charge in [-0.15, -0.1) is 11.8 Å². The Morgan fingerprint density at radius 1 is 1.12 bits per heavy atom. The third-order valence-corrected chi connectivity index (χ3v) is 5.42. The van der Waals surface area contributed by atoms with Gasteiger partial charge in [0.15, 0.2) is 0 Å². The molecule has 0 atom stereocenters. The van der Waals surface area contributed by atoms with E-state index in [1.54, 1.807) is 0 Å². The van der Waals surface area contributed by atoms with Crippen LogP contribution in [0.2, 0.25) is 5.02 Å². The van der Waals surface area contributed by atoms with Crippen LogP contribution in [0.25, 0.3) is 0 Å². The number of piperidine rings is 1. The van der Waals surface area contributed by atoms with Crippen molar-refractivity contribution < 1.29 is 0 Å². The molecule has 0 bridgehead atoms. The van der Waals surface area contributed by atoms with Crippen molar-refractivity contribution in [3.8, 4) is 0 Å². The predicted molar refractivity (Wildman–Crippen MR) is 75.2 cm³/mol. The Balaban J connectivity index is 1.74. The lowest BCUT2D eigenvalue weighted by Gasteiger charge is -2.23. The molecule has 1 nitrogen and oxygen atoms in total. The second-order valence-electron chi connectivity index (χ2n) is 5.03. The van der Waals surface area contributed by atoms with Gasteiger partial charge < -0.3 is 5.32 Å². The maximum absolute atomic E-state index is 6.38. The standard InChI is InChI=1S/C14H18ClNS/c15-13-9-11(10-5-7-16-8-6-10)1-4-14(13)17-12-2-3-12/h1,4,9-10,12,16H,2-3,5-8H2. The van der Waals surface area contributed by atoms with Crippen molar-refractivity contribution in [3.05, 3.63) is 28.8 Å². The van der Waals surface area contributed by atoms with Gasteiger partial charge in [-0.1, -0.05) is 17.7 Å². The van der Waals surface area contributed by atoms with E-state index >= 15 is 0 Å². The molecule has 1 N–H and O–H groups in total. The highest BCUT2D eigenvalue weighted by molar-refractivity contribution is 8.00. The van der Waals surface area contributed by atoms with Crippen molar-refractivity contribution in [2.75, 3.05) is 13.1 Å². The summed E-state index contributed by atoms with van der Waals surface area (Å²) in [5, 5.41) is 5.19. The van der Waals surface area contributed by atoms with Gasteiger partial charge in [-0.2, -0.15) is 0 Å². The van der Waals surface area contributed by atoms with Crippen molar-refractivity contribution in [1.29, 1.82) is 0 Å². The zero-order valence-corrected chi connectivity index (χ0v) is 11.5. The largest absolute Gasteiger partial charge is 0.317 e. The normalized spacial score (nSPS) is 21.7. The van der Waals surface area contributed by atoms with Crippen LogP contribution in [0.4, 0.5) is 0 Å². The molecule has 1 heterocycles. The Kier molecular flexibility index (Phi) is 3.64. The molecule has 1 aromatic carbocycles. The van der Waals surface area contributed by atoms with E-state index in [9.17, 15) is 0 Å². The van der Waals surface area contributed by atoms with Crippen LogP contribution in [0.15, 0.2) is 23.1 Å². The number of hydrogen-bond donors (Lipinski definition) is 1. The van der Waals surface area contributed by atoms with Crippen LogP contribution in [0.5, 0.6) is 0 Å². The molecule has 2 aliphatic rings. The monoisotopic (exact) mass is 267 g/mol. The molecule has 3 heteroatoms. The zero-order valence-electron chi connectivity index (χ0n) is 9.92. The Morgan fingerprint density at radius 3 is 2.53 bits per heavy atom. The quantitative estimate of drug-likeness (QED) is 0.886. The summed E-state index contributed by atoms with van der Waals surface area (Å²) in [6.45, 7) is 2.28. The minimum atomic E-state index is 0.703. The highest BCUT2D eigenvalue weighted by atomic mass is 35.5. The van der Waals surface area contributed by atoms with Gasteiger partial charge in [0.2, 0.25) is 0 Å². The van der Waals surface area contributed by atoms with Gasteiger partial charge in [-0.05, 0) is 62.4 Å². The molecule has 0 aromatic heterocycles. The maximum Gasteiger partial charge on any atom is 0.0544 e. The number of halogens is 1. The lowest BCUT2D eigenvalue weighted by atomic mass is 9.90. The minimum absolute atomic E-state index is 0.703. The molecule has 1 saturated carbocycles. The minimum Gasteiger partial charge on any atom is -0.317 e. The average molecular weight is 268 g/mol. The van der Waals surface area contributed by atoms with Crippen molar-refractivity contribution in [3.63, 3.8) is 0 Å². The third-order valence-electron chi connectivity index (χ3n) is 3.58. The van der Waals surface area contributed by atoms with E-state index in [1.165, 1.54) is 36.1 Å². The highest BCUT2D eigenvalue weighted by Crippen LogP contribution is 2.42. The van der Waals surface area contributed by atoms with E-state index in [2.05, 4.69) is 23.5 Å². The van der Waals surface area contributed by atoms with Crippen LogP contribution in [0.3, 0.4) is 0 Å². The smallest absolute Gasteiger partial charge is 0.0544 e. The Hall–Kier alpha value is -0.180. The SMILES string of the molecule is Clc1cc(C2CCNCC2)ccc1SC1CC1. The summed E-state index contributed by atoms with van der Waals surface area (Å²) in [6.07, 6.45) is 5.20. The number of hydrogen-bond acceptors (Lipinski definition) is 2. The van der Waals surface area contributed by atoms with Gasteiger partial charge in [-0.25, -0.2) is 0 Å². The second kappa shape index (κ2) is 5.21. The summed E-state index contributed by atoms with van der Waals surface area (Å²) in [4.78, 5) is 1.27. The molecule has 1 aliphatic carbocycles. The molecule has 1 aromatic rings. The molecular formula is C14H18ClNS. The highest BCUT2D eigenvalue weighted by Gasteiger charge is 2.24. The van der Waals surface area contributed by atoms with Crippen LogP contribution in [-0.2, 0) is 0 Å². The zero-order chi connectivity index (χ0) is 11.7. The van der Waals surface area contributed by atoms with E-state index in [0.717, 1.165) is 23.4 Å². The topological polar surface area (TPSA) is 12.0 Å². The third kappa shape index (κ3) is 2.98. The summed E-state index contributed by atoms with van der Waals surface area (Å²) in [7, 11) is 0. The van der Waals surface area contributed by atoms with Gasteiger partial charge >= 0.3 is 0 Å². The lowest BCUT2D eigenvalue weighted by Crippen LogP contribution is -2.26. The lowest BCUT2D eigenvalue weighted by molar-refractivity contribution is 0.460. The first kappa shape index (κ1) is 11.9. The maximum atomic E-state index is 6.38. The van der Waals surface area contributed by atoms with Crippen LogP contribution in [0, 0.1) is 0 Å². The van der Waals surface area contributed by atoms with Crippen molar-refractivity contribution >= 4 is 23.4 Å². The van der Waals surface area contributed by atoms with Crippen molar-refractivity contribution in [1.82, 2.24) is 5.32 Å². The molecule has 92 valence electrons. The fraction of sp³-hybridized carbons (Fsp3) is 0.571. The molecule has 17 heavy (non-hydrogen) atoms. The first-order valence-electron chi connectivity index (χ1n) is 6.50. The molecule has 0 unspecified atom stereocenters. The number of thioether (sulfide) groups is 1. The fourth-order valence-corrected chi connectivity index (χ4v) is 3.76. The molecule has 3 rings (SSSR count). The van der Waals surface area contributed by atoms with Gasteiger partial charge in [0, 0.05) is 10.1 Å². The summed E-state index contributed by atoms with van der Waals surface area (Å²) in [5.41, 5.74) is 1.43. The predicted octanol–water partition coefficient (Wildman–Crippen LogP) is 4.06. The molecule has 0 radical (unpaired) electrons. The molecule has 0 amide bonds. The van der Waals surface area contributed by atoms with E-state index in [1.807, 2.05) is 11.8 Å². The number of rotatable bonds is 3. The van der Waals surface area contributed by atoms with Crippen LogP contribution < -0.4 is 5.32 Å². The summed E-state index contributed by atoms with van der Waals surface area (Å²) in [5.74, 6) is 0.703.